The van der Waals surface area contributed by atoms with Crippen LogP contribution in [-0.2, 0) is 25.7 Å². The fraction of sp³-hybridized carbons (Fsp3) is 0.105. The third-order valence-corrected chi connectivity index (χ3v) is 18.3. The third kappa shape index (κ3) is 7.19. The number of hydrogen-bond acceptors (Lipinski definition) is 4. The van der Waals surface area contributed by atoms with Crippen LogP contribution in [0.3, 0.4) is 0 Å². The van der Waals surface area contributed by atoms with Crippen LogP contribution in [0.15, 0.2) is 231 Å². The zero-order valence-electron chi connectivity index (χ0n) is 46.2. The molecule has 0 bridgehead atoms. The third-order valence-electron chi connectivity index (χ3n) is 18.3. The second-order valence-corrected chi connectivity index (χ2v) is 23.0. The van der Waals surface area contributed by atoms with Crippen LogP contribution in [0.1, 0.15) is 48.2 Å². The lowest BCUT2D eigenvalue weighted by molar-refractivity contribution is 0.665. The normalized spacial score (nSPS) is 13.6. The Balaban J connectivity index is 0.787. The van der Waals surface area contributed by atoms with Gasteiger partial charge in [0.05, 0.1) is 55.5 Å². The molecule has 0 radical (unpaired) electrons. The van der Waals surface area contributed by atoms with Crippen molar-refractivity contribution in [2.45, 2.75) is 51.4 Å². The second kappa shape index (κ2) is 18.5. The highest BCUT2D eigenvalue weighted by atomic mass is 15.1. The number of pyridine rings is 4. The fourth-order valence-corrected chi connectivity index (χ4v) is 14.6. The zero-order chi connectivity index (χ0) is 55.0. The van der Waals surface area contributed by atoms with Gasteiger partial charge in [0.2, 0.25) is 0 Å². The Bertz CT molecular complexity index is 5400. The van der Waals surface area contributed by atoms with Gasteiger partial charge in [-0.2, -0.15) is 0 Å². The highest BCUT2D eigenvalue weighted by molar-refractivity contribution is 6.16. The number of aromatic nitrogens is 8. The maximum absolute atomic E-state index is 5.63. The van der Waals surface area contributed by atoms with E-state index in [4.69, 9.17) is 19.9 Å². The van der Waals surface area contributed by atoms with E-state index in [1.54, 1.807) is 0 Å². The van der Waals surface area contributed by atoms with Gasteiger partial charge in [0.15, 0.2) is 0 Å². The number of hydrogen-bond donors (Lipinski definition) is 0. The lowest BCUT2D eigenvalue weighted by Crippen LogP contribution is -2.08. The largest absolute Gasteiger partial charge is 0.298 e. The minimum atomic E-state index is 0.878. The Hall–Kier alpha value is -10.4. The van der Waals surface area contributed by atoms with E-state index in [1.165, 1.54) is 85.1 Å². The Morgan fingerprint density at radius 3 is 1.43 bits per heavy atom. The summed E-state index contributed by atoms with van der Waals surface area (Å²) >= 11 is 0. The summed E-state index contributed by atoms with van der Waals surface area (Å²) in [6, 6.07) is 83.5. The van der Waals surface area contributed by atoms with Crippen molar-refractivity contribution in [1.29, 1.82) is 0 Å². The smallest absolute Gasteiger partial charge is 0.138 e. The lowest BCUT2D eigenvalue weighted by Gasteiger charge is -2.16. The molecule has 398 valence electrons. The van der Waals surface area contributed by atoms with Gasteiger partial charge in [-0.3, -0.25) is 18.3 Å². The molecule has 0 saturated heterocycles. The second-order valence-electron chi connectivity index (χ2n) is 23.0. The van der Waals surface area contributed by atoms with Gasteiger partial charge < -0.3 is 0 Å². The summed E-state index contributed by atoms with van der Waals surface area (Å²) < 4.78 is 9.68. The van der Waals surface area contributed by atoms with Crippen molar-refractivity contribution < 1.29 is 0 Å². The molecule has 0 aliphatic heterocycles. The van der Waals surface area contributed by atoms with Crippen molar-refractivity contribution in [1.82, 2.24) is 38.2 Å². The lowest BCUT2D eigenvalue weighted by atomic mass is 9.95. The fourth-order valence-electron chi connectivity index (χ4n) is 14.6. The summed E-state index contributed by atoms with van der Waals surface area (Å²) in [7, 11) is 0. The molecule has 8 aromatic carbocycles. The van der Waals surface area contributed by atoms with E-state index in [0.717, 1.165) is 133 Å². The summed E-state index contributed by atoms with van der Waals surface area (Å²) in [5.41, 5.74) is 20.7. The van der Waals surface area contributed by atoms with Crippen molar-refractivity contribution in [2.24, 2.45) is 0 Å². The quantitative estimate of drug-likeness (QED) is 0.159. The van der Waals surface area contributed by atoms with Gasteiger partial charge in [0.25, 0.3) is 0 Å². The first-order valence-electron chi connectivity index (χ1n) is 29.7. The molecular formula is C76H54N8. The summed E-state index contributed by atoms with van der Waals surface area (Å²) in [6.07, 6.45) is 8.83. The molecule has 84 heavy (non-hydrogen) atoms. The number of aryl methyl sites for hydroxylation is 2. The topological polar surface area (TPSA) is 71.3 Å². The summed E-state index contributed by atoms with van der Waals surface area (Å²) in [4.78, 5) is 21.8. The van der Waals surface area contributed by atoms with Crippen molar-refractivity contribution in [3.8, 4) is 56.9 Å². The molecule has 0 unspecified atom stereocenters. The standard InChI is InChI=1S/C76H54N8/c1-2-19-47(20-3-1)62-31-17-37-73(77-62)81-65-33-12-6-25-52(65)57-42-58-53-26-7-13-34-66(53)82(70(58)45-69(57)81)74-38-18-32-63(79-74)50-23-16-22-49(41-50)56-44-76(80-64-30-11-5-24-51(56)64)84-68-36-15-9-28-55(68)60-43-59-54-27-8-14-35-67(54)83(71(59)46-72(60)84)75-40-39-48-21-4-10-29-61(48)78-75/h1-6,9-12,15-25,28-33,36-46H,7-8,13-14,26-27,34-35H2. The first-order valence-corrected chi connectivity index (χ1v) is 29.7. The van der Waals surface area contributed by atoms with Crippen LogP contribution < -0.4 is 0 Å². The Labute approximate surface area is 484 Å². The minimum absolute atomic E-state index is 0.878. The van der Waals surface area contributed by atoms with E-state index in [0.29, 0.717) is 0 Å². The van der Waals surface area contributed by atoms with E-state index in [9.17, 15) is 0 Å². The molecule has 8 nitrogen and oxygen atoms in total. The number of fused-ring (bicyclic) bond motifs is 14. The minimum Gasteiger partial charge on any atom is -0.298 e. The van der Waals surface area contributed by atoms with Gasteiger partial charge in [-0.1, -0.05) is 133 Å². The molecule has 0 saturated carbocycles. The molecule has 8 heteroatoms. The van der Waals surface area contributed by atoms with Crippen molar-refractivity contribution in [2.75, 3.05) is 0 Å². The van der Waals surface area contributed by atoms with Crippen LogP contribution in [0.4, 0.5) is 0 Å². The predicted molar refractivity (Wildman–Crippen MR) is 345 cm³/mol. The van der Waals surface area contributed by atoms with Gasteiger partial charge in [0.1, 0.15) is 23.3 Å². The molecule has 2 aliphatic carbocycles. The Morgan fingerprint density at radius 2 is 0.750 bits per heavy atom. The van der Waals surface area contributed by atoms with E-state index in [1.807, 2.05) is 0 Å². The van der Waals surface area contributed by atoms with E-state index in [2.05, 4.69) is 249 Å². The molecule has 16 aromatic rings. The van der Waals surface area contributed by atoms with Crippen molar-refractivity contribution in [3.63, 3.8) is 0 Å². The predicted octanol–water partition coefficient (Wildman–Crippen LogP) is 18.4. The van der Waals surface area contributed by atoms with Crippen molar-refractivity contribution >= 4 is 87.2 Å². The maximum atomic E-state index is 5.63. The molecule has 0 fully saturated rings. The molecule has 2 aliphatic rings. The van der Waals surface area contributed by atoms with Crippen LogP contribution in [-0.4, -0.2) is 38.2 Å². The van der Waals surface area contributed by atoms with Crippen LogP contribution in [0.5, 0.6) is 0 Å². The highest BCUT2D eigenvalue weighted by Crippen LogP contribution is 2.44. The monoisotopic (exact) mass is 1080 g/mol. The number of rotatable bonds is 7. The zero-order valence-corrected chi connectivity index (χ0v) is 46.2. The van der Waals surface area contributed by atoms with Gasteiger partial charge >= 0.3 is 0 Å². The van der Waals surface area contributed by atoms with E-state index < -0.39 is 0 Å². The van der Waals surface area contributed by atoms with E-state index >= 15 is 0 Å². The molecular weight excluding hydrogens is 1020 g/mol. The first-order chi connectivity index (χ1) is 41.6. The van der Waals surface area contributed by atoms with Crippen LogP contribution in [0, 0.1) is 0 Å². The SMILES string of the molecule is c1ccc(-c2cccc(-n3c4ccccc4c4cc5c6c(n(-c7cccc(-c8cccc(-c9cc(-n%10c%11ccccc%11c%11cc%12c%13c(n(-c%14ccc%15ccccc%15n%14)c%12cc%11%10)CCCC%13)nc%10ccccc9%10)c8)n7)c5cc43)CCCC6)n2)cc1. The number of para-hydroxylation sites is 4. The average Bonchev–Trinajstić information content (AvgIpc) is 2.56. The van der Waals surface area contributed by atoms with Crippen molar-refractivity contribution in [3.05, 3.63) is 253 Å². The first kappa shape index (κ1) is 47.2. The van der Waals surface area contributed by atoms with Gasteiger partial charge in [-0.15, -0.1) is 0 Å². The molecule has 0 N–H and O–H groups in total. The Kier molecular flexibility index (Phi) is 10.4. The summed E-state index contributed by atoms with van der Waals surface area (Å²) in [5, 5.41) is 9.78. The number of nitrogens with zero attached hydrogens (tertiary/aromatic N) is 8. The maximum Gasteiger partial charge on any atom is 0.138 e. The number of benzene rings is 8. The molecule has 0 atom stereocenters. The molecule has 8 heterocycles. The van der Waals surface area contributed by atoms with Crippen LogP contribution in [0.2, 0.25) is 0 Å². The van der Waals surface area contributed by atoms with Gasteiger partial charge in [-0.25, -0.2) is 19.9 Å². The Morgan fingerprint density at radius 1 is 0.262 bits per heavy atom. The molecule has 8 aromatic heterocycles. The molecule has 18 rings (SSSR count). The average molecular weight is 1080 g/mol. The highest BCUT2D eigenvalue weighted by Gasteiger charge is 2.27. The molecule has 0 spiro atoms. The van der Waals surface area contributed by atoms with Gasteiger partial charge in [0, 0.05) is 65.6 Å². The molecule has 0 amide bonds. The van der Waals surface area contributed by atoms with Crippen LogP contribution in [0.25, 0.3) is 144 Å². The van der Waals surface area contributed by atoms with Gasteiger partial charge in [-0.05, 0) is 171 Å². The summed E-state index contributed by atoms with van der Waals surface area (Å²) in [5.74, 6) is 3.67. The van der Waals surface area contributed by atoms with E-state index in [-0.39, 0.29) is 0 Å². The summed E-state index contributed by atoms with van der Waals surface area (Å²) in [6.45, 7) is 0. The van der Waals surface area contributed by atoms with Crippen LogP contribution >= 0.6 is 0 Å².